The van der Waals surface area contributed by atoms with Crippen LogP contribution in [-0.4, -0.2) is 32.6 Å². The Labute approximate surface area is 164 Å². The van der Waals surface area contributed by atoms with Crippen molar-refractivity contribution in [2.45, 2.75) is 33.4 Å². The summed E-state index contributed by atoms with van der Waals surface area (Å²) in [6, 6.07) is 12.1. The third-order valence-electron chi connectivity index (χ3n) is 5.33. The topological polar surface area (TPSA) is 66.7 Å². The second-order valence-electron chi connectivity index (χ2n) is 7.51. The average Bonchev–Trinajstić information content (AvgIpc) is 3.26. The molecule has 3 heterocycles. The summed E-state index contributed by atoms with van der Waals surface area (Å²) in [5, 5.41) is 2.97. The first-order valence-electron chi connectivity index (χ1n) is 9.54. The van der Waals surface area contributed by atoms with Crippen molar-refractivity contribution in [2.24, 2.45) is 5.92 Å². The van der Waals surface area contributed by atoms with Crippen LogP contribution in [-0.2, 0) is 22.7 Å². The van der Waals surface area contributed by atoms with Crippen molar-refractivity contribution in [3.8, 4) is 0 Å². The summed E-state index contributed by atoms with van der Waals surface area (Å²) in [6.07, 6.45) is 4.00. The van der Waals surface area contributed by atoms with Gasteiger partial charge in [-0.25, -0.2) is 4.98 Å². The van der Waals surface area contributed by atoms with Crippen LogP contribution in [0.5, 0.6) is 0 Å². The van der Waals surface area contributed by atoms with Crippen molar-refractivity contribution in [1.82, 2.24) is 19.6 Å². The number of hydrogen-bond acceptors (Lipinski definition) is 3. The maximum atomic E-state index is 12.6. The lowest BCUT2D eigenvalue weighted by atomic mass is 10.1. The van der Waals surface area contributed by atoms with Gasteiger partial charge in [0.15, 0.2) is 0 Å². The number of imidazole rings is 1. The molecule has 0 aliphatic carbocycles. The van der Waals surface area contributed by atoms with Crippen LogP contribution in [0.3, 0.4) is 0 Å². The molecule has 1 saturated heterocycles. The van der Waals surface area contributed by atoms with Gasteiger partial charge in [0, 0.05) is 25.7 Å². The van der Waals surface area contributed by atoms with E-state index in [0.29, 0.717) is 19.6 Å². The minimum atomic E-state index is -0.307. The van der Waals surface area contributed by atoms with Crippen LogP contribution in [0, 0.1) is 19.8 Å². The normalized spacial score (nSPS) is 16.7. The Morgan fingerprint density at radius 3 is 2.79 bits per heavy atom. The Morgan fingerprint density at radius 1 is 1.21 bits per heavy atom. The number of fused-ring (bicyclic) bond motifs is 1. The van der Waals surface area contributed by atoms with Crippen molar-refractivity contribution in [3.05, 3.63) is 71.2 Å². The van der Waals surface area contributed by atoms with Gasteiger partial charge in [0.1, 0.15) is 5.65 Å². The molecule has 144 valence electrons. The van der Waals surface area contributed by atoms with Crippen LogP contribution in [0.2, 0.25) is 0 Å². The number of benzene rings is 1. The molecule has 0 saturated carbocycles. The lowest BCUT2D eigenvalue weighted by molar-refractivity contribution is -0.129. The highest BCUT2D eigenvalue weighted by molar-refractivity contribution is 5.89. The van der Waals surface area contributed by atoms with Gasteiger partial charge in [0.2, 0.25) is 11.8 Å². The number of amides is 2. The molecule has 0 spiro atoms. The number of carbonyl (C=O) groups excluding carboxylic acids is 2. The summed E-state index contributed by atoms with van der Waals surface area (Å²) < 4.78 is 1.99. The minimum absolute atomic E-state index is 0.0335. The molecule has 28 heavy (non-hydrogen) atoms. The van der Waals surface area contributed by atoms with E-state index in [9.17, 15) is 9.59 Å². The summed E-state index contributed by atoms with van der Waals surface area (Å²) in [7, 11) is 0. The summed E-state index contributed by atoms with van der Waals surface area (Å²) in [5.74, 6) is -0.354. The van der Waals surface area contributed by atoms with Gasteiger partial charge < -0.3 is 14.6 Å². The Balaban J connectivity index is 1.36. The molecule has 1 aliphatic rings. The number of nitrogens with zero attached hydrogens (tertiary/aromatic N) is 3. The Kier molecular flexibility index (Phi) is 4.86. The Bertz CT molecular complexity index is 1020. The molecule has 1 N–H and O–H groups in total. The van der Waals surface area contributed by atoms with E-state index in [0.717, 1.165) is 22.5 Å². The molecule has 1 aliphatic heterocycles. The second kappa shape index (κ2) is 7.46. The van der Waals surface area contributed by atoms with E-state index in [1.807, 2.05) is 60.8 Å². The van der Waals surface area contributed by atoms with Crippen LogP contribution >= 0.6 is 0 Å². The molecule has 0 unspecified atom stereocenters. The van der Waals surface area contributed by atoms with Crippen molar-refractivity contribution in [3.63, 3.8) is 0 Å². The molecule has 4 rings (SSSR count). The molecule has 3 aromatic rings. The molecule has 6 nitrogen and oxygen atoms in total. The fraction of sp³-hybridized carbons (Fsp3) is 0.318. The van der Waals surface area contributed by atoms with Crippen LogP contribution in [0.25, 0.3) is 5.65 Å². The van der Waals surface area contributed by atoms with Crippen LogP contribution < -0.4 is 5.32 Å². The molecule has 1 atom stereocenters. The standard InChI is InChI=1S/C22H24N4O2/c1-15-5-7-17(8-6-15)13-25-14-18(10-20(25)27)22(28)24-12-19-11-23-21-16(2)4-3-9-26(19)21/h3-9,11,18H,10,12-14H2,1-2H3,(H,24,28)/t18-/m1/s1. The number of carbonyl (C=O) groups is 2. The quantitative estimate of drug-likeness (QED) is 0.744. The predicted octanol–water partition coefficient (Wildman–Crippen LogP) is 2.62. The number of hydrogen-bond donors (Lipinski definition) is 1. The number of aryl methyl sites for hydroxylation is 2. The summed E-state index contributed by atoms with van der Waals surface area (Å²) in [6.45, 7) is 5.46. The fourth-order valence-corrected chi connectivity index (χ4v) is 3.67. The number of pyridine rings is 1. The average molecular weight is 376 g/mol. The third kappa shape index (κ3) is 3.63. The first kappa shape index (κ1) is 18.2. The molecule has 0 bridgehead atoms. The van der Waals surface area contributed by atoms with Gasteiger partial charge in [-0.1, -0.05) is 35.9 Å². The Morgan fingerprint density at radius 2 is 2.00 bits per heavy atom. The van der Waals surface area contributed by atoms with Crippen molar-refractivity contribution in [2.75, 3.05) is 6.54 Å². The smallest absolute Gasteiger partial charge is 0.225 e. The minimum Gasteiger partial charge on any atom is -0.350 e. The van der Waals surface area contributed by atoms with Crippen molar-refractivity contribution in [1.29, 1.82) is 0 Å². The third-order valence-corrected chi connectivity index (χ3v) is 5.33. The summed E-state index contributed by atoms with van der Waals surface area (Å²) in [5.41, 5.74) is 5.19. The maximum absolute atomic E-state index is 12.6. The summed E-state index contributed by atoms with van der Waals surface area (Å²) in [4.78, 5) is 31.1. The monoisotopic (exact) mass is 376 g/mol. The van der Waals surface area contributed by atoms with E-state index >= 15 is 0 Å². The Hall–Kier alpha value is -3.15. The largest absolute Gasteiger partial charge is 0.350 e. The molecule has 2 amide bonds. The van der Waals surface area contributed by atoms with Crippen molar-refractivity contribution >= 4 is 17.5 Å². The zero-order valence-electron chi connectivity index (χ0n) is 16.2. The number of likely N-dealkylation sites (tertiary alicyclic amines) is 1. The molecular formula is C22H24N4O2. The molecule has 2 aromatic heterocycles. The highest BCUT2D eigenvalue weighted by Crippen LogP contribution is 2.21. The van der Waals surface area contributed by atoms with Crippen molar-refractivity contribution < 1.29 is 9.59 Å². The van der Waals surface area contributed by atoms with E-state index < -0.39 is 0 Å². The van der Waals surface area contributed by atoms with Gasteiger partial charge in [-0.05, 0) is 31.0 Å². The summed E-state index contributed by atoms with van der Waals surface area (Å²) >= 11 is 0. The molecule has 1 fully saturated rings. The van der Waals surface area contributed by atoms with E-state index in [4.69, 9.17) is 0 Å². The maximum Gasteiger partial charge on any atom is 0.225 e. The molecule has 6 heteroatoms. The molecular weight excluding hydrogens is 352 g/mol. The molecule has 1 aromatic carbocycles. The highest BCUT2D eigenvalue weighted by Gasteiger charge is 2.34. The predicted molar refractivity (Wildman–Crippen MR) is 106 cm³/mol. The lowest BCUT2D eigenvalue weighted by Crippen LogP contribution is -2.32. The van der Waals surface area contributed by atoms with Crippen LogP contribution in [0.1, 0.15) is 28.8 Å². The van der Waals surface area contributed by atoms with E-state index in [1.54, 1.807) is 11.1 Å². The van der Waals surface area contributed by atoms with E-state index in [-0.39, 0.29) is 24.2 Å². The van der Waals surface area contributed by atoms with Gasteiger partial charge in [0.25, 0.3) is 0 Å². The van der Waals surface area contributed by atoms with Gasteiger partial charge in [-0.2, -0.15) is 0 Å². The SMILES string of the molecule is Cc1ccc(CN2C[C@H](C(=O)NCc3cnc4c(C)cccn34)CC2=O)cc1. The number of nitrogens with one attached hydrogen (secondary N) is 1. The van der Waals surface area contributed by atoms with Gasteiger partial charge >= 0.3 is 0 Å². The van der Waals surface area contributed by atoms with E-state index in [1.165, 1.54) is 5.56 Å². The first-order chi connectivity index (χ1) is 13.5. The first-order valence-corrected chi connectivity index (χ1v) is 9.54. The number of aromatic nitrogens is 2. The van der Waals surface area contributed by atoms with E-state index in [2.05, 4.69) is 10.3 Å². The highest BCUT2D eigenvalue weighted by atomic mass is 16.2. The fourth-order valence-electron chi connectivity index (χ4n) is 3.67. The zero-order valence-corrected chi connectivity index (χ0v) is 16.2. The van der Waals surface area contributed by atoms with Gasteiger partial charge in [-0.15, -0.1) is 0 Å². The van der Waals surface area contributed by atoms with Crippen LogP contribution in [0.4, 0.5) is 0 Å². The second-order valence-corrected chi connectivity index (χ2v) is 7.51. The van der Waals surface area contributed by atoms with Crippen LogP contribution in [0.15, 0.2) is 48.8 Å². The lowest BCUT2D eigenvalue weighted by Gasteiger charge is -2.17. The molecule has 0 radical (unpaired) electrons. The zero-order chi connectivity index (χ0) is 19.7. The van der Waals surface area contributed by atoms with Gasteiger partial charge in [0.05, 0.1) is 24.4 Å². The van der Waals surface area contributed by atoms with Gasteiger partial charge in [-0.3, -0.25) is 9.59 Å². The number of rotatable bonds is 5.